The number of hydrogen-bond acceptors (Lipinski definition) is 5. The number of rotatable bonds is 7. The van der Waals surface area contributed by atoms with Gasteiger partial charge in [-0.05, 0) is 37.9 Å². The molecule has 2 aliphatic rings. The van der Waals surface area contributed by atoms with Gasteiger partial charge < -0.3 is 20.3 Å². The van der Waals surface area contributed by atoms with Gasteiger partial charge in [0.25, 0.3) is 0 Å². The van der Waals surface area contributed by atoms with Crippen molar-refractivity contribution >= 4 is 35.8 Å². The van der Waals surface area contributed by atoms with E-state index in [1.165, 1.54) is 18.9 Å². The Morgan fingerprint density at radius 2 is 2.25 bits per heavy atom. The van der Waals surface area contributed by atoms with Crippen molar-refractivity contribution in [2.75, 3.05) is 58.4 Å². The Labute approximate surface area is 184 Å². The van der Waals surface area contributed by atoms with Gasteiger partial charge in [0.1, 0.15) is 0 Å². The van der Waals surface area contributed by atoms with Crippen LogP contribution in [0.15, 0.2) is 23.3 Å². The lowest BCUT2D eigenvalue weighted by atomic mass is 10.2. The Kier molecular flexibility index (Phi) is 9.66. The molecule has 158 valence electrons. The zero-order valence-corrected chi connectivity index (χ0v) is 19.1. The van der Waals surface area contributed by atoms with E-state index in [-0.39, 0.29) is 35.8 Å². The minimum atomic E-state index is -0.266. The van der Waals surface area contributed by atoms with E-state index >= 15 is 0 Å². The molecule has 2 unspecified atom stereocenters. The second kappa shape index (κ2) is 11.7. The lowest BCUT2D eigenvalue weighted by Gasteiger charge is -2.26. The molecule has 28 heavy (non-hydrogen) atoms. The number of hydrogen-bond donors (Lipinski definition) is 2. The van der Waals surface area contributed by atoms with E-state index in [4.69, 9.17) is 4.74 Å². The van der Waals surface area contributed by atoms with Crippen molar-refractivity contribution in [2.45, 2.75) is 31.3 Å². The second-order valence-electron chi connectivity index (χ2n) is 7.16. The van der Waals surface area contributed by atoms with Crippen LogP contribution in [0.3, 0.4) is 0 Å². The fourth-order valence-electron chi connectivity index (χ4n) is 3.91. The van der Waals surface area contributed by atoms with Crippen LogP contribution in [-0.2, 0) is 4.74 Å². The van der Waals surface area contributed by atoms with Crippen LogP contribution >= 0.6 is 24.0 Å². The highest BCUT2D eigenvalue weighted by molar-refractivity contribution is 14.0. The molecular formula is C19H32FIN6O. The average Bonchev–Trinajstić information content (AvgIpc) is 3.33. The molecule has 3 rings (SSSR count). The summed E-state index contributed by atoms with van der Waals surface area (Å²) in [5.41, 5.74) is 0. The number of nitrogens with one attached hydrogen (secondary N) is 2. The van der Waals surface area contributed by atoms with Gasteiger partial charge in [0, 0.05) is 58.6 Å². The van der Waals surface area contributed by atoms with E-state index < -0.39 is 0 Å². The first-order chi connectivity index (χ1) is 13.2. The van der Waals surface area contributed by atoms with Crippen LogP contribution in [0, 0.1) is 5.82 Å². The molecule has 0 spiro atoms. The third kappa shape index (κ3) is 6.15. The minimum Gasteiger partial charge on any atom is -0.383 e. The number of pyridine rings is 1. The molecular weight excluding hydrogens is 474 g/mol. The van der Waals surface area contributed by atoms with Crippen molar-refractivity contribution < 1.29 is 9.13 Å². The van der Waals surface area contributed by atoms with Gasteiger partial charge in [0.2, 0.25) is 0 Å². The molecule has 0 aromatic carbocycles. The number of likely N-dealkylation sites (tertiary alicyclic amines) is 1. The van der Waals surface area contributed by atoms with Gasteiger partial charge in [-0.15, -0.1) is 24.0 Å². The van der Waals surface area contributed by atoms with Crippen LogP contribution in [0.25, 0.3) is 0 Å². The maximum absolute atomic E-state index is 13.9. The van der Waals surface area contributed by atoms with E-state index in [2.05, 4.69) is 25.5 Å². The summed E-state index contributed by atoms with van der Waals surface area (Å²) in [6.07, 6.45) is 5.00. The van der Waals surface area contributed by atoms with E-state index in [1.807, 2.05) is 4.90 Å². The summed E-state index contributed by atoms with van der Waals surface area (Å²) in [5.74, 6) is 0.976. The first kappa shape index (κ1) is 23.1. The number of anilines is 1. The topological polar surface area (TPSA) is 65.0 Å². The van der Waals surface area contributed by atoms with E-state index in [9.17, 15) is 4.39 Å². The predicted octanol–water partition coefficient (Wildman–Crippen LogP) is 1.69. The lowest BCUT2D eigenvalue weighted by Crippen LogP contribution is -2.48. The highest BCUT2D eigenvalue weighted by Crippen LogP contribution is 2.21. The minimum absolute atomic E-state index is 0. The molecule has 0 saturated carbocycles. The summed E-state index contributed by atoms with van der Waals surface area (Å²) in [4.78, 5) is 13.0. The zero-order chi connectivity index (χ0) is 19.1. The Morgan fingerprint density at radius 3 is 3.00 bits per heavy atom. The van der Waals surface area contributed by atoms with Crippen molar-refractivity contribution in [1.82, 2.24) is 20.5 Å². The van der Waals surface area contributed by atoms with Crippen molar-refractivity contribution in [3.05, 3.63) is 24.1 Å². The van der Waals surface area contributed by atoms with Crippen molar-refractivity contribution in [3.63, 3.8) is 0 Å². The van der Waals surface area contributed by atoms with Crippen LogP contribution in [0.5, 0.6) is 0 Å². The van der Waals surface area contributed by atoms with E-state index in [0.29, 0.717) is 11.9 Å². The van der Waals surface area contributed by atoms with Crippen molar-refractivity contribution in [2.24, 2.45) is 4.99 Å². The maximum atomic E-state index is 13.9. The Morgan fingerprint density at radius 1 is 1.39 bits per heavy atom. The molecule has 2 fully saturated rings. The number of aliphatic imine (C=N–C) groups is 1. The molecule has 1 aromatic rings. The van der Waals surface area contributed by atoms with Crippen molar-refractivity contribution in [3.8, 4) is 0 Å². The molecule has 0 aliphatic carbocycles. The first-order valence-corrected chi connectivity index (χ1v) is 9.77. The number of nitrogens with zero attached hydrogens (tertiary/aromatic N) is 4. The smallest absolute Gasteiger partial charge is 0.191 e. The van der Waals surface area contributed by atoms with Gasteiger partial charge in [-0.3, -0.25) is 9.89 Å². The summed E-state index contributed by atoms with van der Waals surface area (Å²) in [6.45, 7) is 5.26. The highest BCUT2D eigenvalue weighted by atomic mass is 127. The molecule has 0 radical (unpaired) electrons. The van der Waals surface area contributed by atoms with Crippen LogP contribution in [0.4, 0.5) is 10.2 Å². The lowest BCUT2D eigenvalue weighted by molar-refractivity contribution is 0.141. The number of aromatic nitrogens is 1. The van der Waals surface area contributed by atoms with Gasteiger partial charge in [-0.2, -0.15) is 0 Å². The standard InChI is InChI=1S/C19H31FN6O.HI/c1-21-19(23-13-16-5-4-9-25(16)11-12-27-2)24-15-7-10-26(14-15)18-17(20)6-3-8-22-18;/h3,6,8,15-16H,4-5,7,9-14H2,1-2H3,(H2,21,23,24);1H. The molecule has 2 N–H and O–H groups in total. The second-order valence-corrected chi connectivity index (χ2v) is 7.16. The van der Waals surface area contributed by atoms with E-state index in [1.54, 1.807) is 26.4 Å². The Balaban J connectivity index is 0.00000280. The fourth-order valence-corrected chi connectivity index (χ4v) is 3.91. The van der Waals surface area contributed by atoms with Gasteiger partial charge in [-0.25, -0.2) is 9.37 Å². The Hall–Kier alpha value is -1.20. The van der Waals surface area contributed by atoms with Crippen molar-refractivity contribution in [1.29, 1.82) is 0 Å². The number of ether oxygens (including phenoxy) is 1. The average molecular weight is 506 g/mol. The first-order valence-electron chi connectivity index (χ1n) is 9.77. The normalized spacial score (nSPS) is 23.0. The molecule has 9 heteroatoms. The monoisotopic (exact) mass is 506 g/mol. The number of halogens is 2. The molecule has 1 aromatic heterocycles. The maximum Gasteiger partial charge on any atom is 0.191 e. The molecule has 0 bridgehead atoms. The van der Waals surface area contributed by atoms with E-state index in [0.717, 1.165) is 51.7 Å². The summed E-state index contributed by atoms with van der Waals surface area (Å²) in [7, 11) is 3.54. The predicted molar refractivity (Wildman–Crippen MR) is 121 cm³/mol. The van der Waals surface area contributed by atoms with Gasteiger partial charge in [0.15, 0.2) is 17.6 Å². The zero-order valence-electron chi connectivity index (χ0n) is 16.7. The largest absolute Gasteiger partial charge is 0.383 e. The van der Waals surface area contributed by atoms with Gasteiger partial charge in [0.05, 0.1) is 6.61 Å². The van der Waals surface area contributed by atoms with Crippen LogP contribution in [0.1, 0.15) is 19.3 Å². The SMILES string of the molecule is CN=C(NCC1CCCN1CCOC)NC1CCN(c2ncccc2F)C1.I. The summed E-state index contributed by atoms with van der Waals surface area (Å²) in [6, 6.07) is 3.82. The van der Waals surface area contributed by atoms with Crippen LogP contribution in [-0.4, -0.2) is 81.4 Å². The summed E-state index contributed by atoms with van der Waals surface area (Å²) >= 11 is 0. The number of guanidine groups is 1. The highest BCUT2D eigenvalue weighted by Gasteiger charge is 2.27. The fraction of sp³-hybridized carbons (Fsp3) is 0.684. The quantitative estimate of drug-likeness (QED) is 0.334. The molecule has 2 aliphatic heterocycles. The molecule has 0 amide bonds. The third-order valence-electron chi connectivity index (χ3n) is 5.38. The Bertz CT molecular complexity index is 634. The summed E-state index contributed by atoms with van der Waals surface area (Å²) in [5, 5.41) is 6.93. The van der Waals surface area contributed by atoms with Crippen LogP contribution < -0.4 is 15.5 Å². The summed E-state index contributed by atoms with van der Waals surface area (Å²) < 4.78 is 19.1. The van der Waals surface area contributed by atoms with Gasteiger partial charge in [-0.1, -0.05) is 0 Å². The third-order valence-corrected chi connectivity index (χ3v) is 5.38. The molecule has 2 saturated heterocycles. The van der Waals surface area contributed by atoms with Crippen LogP contribution in [0.2, 0.25) is 0 Å². The molecule has 3 heterocycles. The molecule has 2 atom stereocenters. The molecule has 7 nitrogen and oxygen atoms in total. The number of methoxy groups -OCH3 is 1. The van der Waals surface area contributed by atoms with Gasteiger partial charge >= 0.3 is 0 Å².